The third kappa shape index (κ3) is 4.35. The summed E-state index contributed by atoms with van der Waals surface area (Å²) in [5.74, 6) is 1.72. The Kier molecular flexibility index (Phi) is 7.10. The SMILES string of the molecule is CC[C@@H]1CN2CCc3c([nH]c4cccc(OC)c34)[C@@H]2C[C@@H]1/C(=C\OC)C(=O)N(C)C1CCCCC1. The molecule has 0 spiro atoms. The fraction of sp³-hybridized carbons (Fsp3) is 0.621. The minimum absolute atomic E-state index is 0.157. The van der Waals surface area contributed by atoms with Crippen LogP contribution < -0.4 is 4.74 Å². The van der Waals surface area contributed by atoms with Crippen LogP contribution in [0.1, 0.15) is 69.2 Å². The number of likely N-dealkylation sites (N-methyl/N-ethyl adjacent to an activating group) is 1. The zero-order chi connectivity index (χ0) is 24.5. The van der Waals surface area contributed by atoms with E-state index < -0.39 is 0 Å². The van der Waals surface area contributed by atoms with Crippen molar-refractivity contribution in [3.63, 3.8) is 0 Å². The number of carbonyl (C=O) groups is 1. The summed E-state index contributed by atoms with van der Waals surface area (Å²) in [5.41, 5.74) is 4.69. The number of H-pyrrole nitrogens is 1. The fourth-order valence-electron chi connectivity index (χ4n) is 7.01. The lowest BCUT2D eigenvalue weighted by Gasteiger charge is -2.47. The van der Waals surface area contributed by atoms with E-state index in [0.29, 0.717) is 12.0 Å². The number of hydrogen-bond acceptors (Lipinski definition) is 4. The molecule has 6 heteroatoms. The van der Waals surface area contributed by atoms with E-state index in [0.717, 1.165) is 62.0 Å². The molecule has 2 aromatic rings. The first-order valence-corrected chi connectivity index (χ1v) is 13.5. The summed E-state index contributed by atoms with van der Waals surface area (Å²) in [6, 6.07) is 6.88. The van der Waals surface area contributed by atoms with Gasteiger partial charge in [0.1, 0.15) is 5.75 Å². The largest absolute Gasteiger partial charge is 0.504 e. The second kappa shape index (κ2) is 10.3. The predicted octanol–water partition coefficient (Wildman–Crippen LogP) is 5.44. The van der Waals surface area contributed by atoms with Crippen LogP contribution in [-0.2, 0) is 16.0 Å². The van der Waals surface area contributed by atoms with Crippen molar-refractivity contribution in [2.45, 2.75) is 70.4 Å². The van der Waals surface area contributed by atoms with Crippen molar-refractivity contribution < 1.29 is 14.3 Å². The van der Waals surface area contributed by atoms with Gasteiger partial charge in [0.15, 0.2) is 0 Å². The van der Waals surface area contributed by atoms with Crippen molar-refractivity contribution >= 4 is 16.8 Å². The van der Waals surface area contributed by atoms with Gasteiger partial charge in [-0.15, -0.1) is 0 Å². The van der Waals surface area contributed by atoms with Crippen LogP contribution in [-0.4, -0.2) is 61.1 Å². The molecule has 3 aliphatic rings. The highest BCUT2D eigenvalue weighted by atomic mass is 16.5. The number of ether oxygens (including phenoxy) is 2. The van der Waals surface area contributed by atoms with E-state index in [1.807, 2.05) is 11.9 Å². The lowest BCUT2D eigenvalue weighted by Crippen LogP contribution is -2.48. The molecule has 0 unspecified atom stereocenters. The molecule has 1 saturated heterocycles. The molecule has 1 amide bonds. The number of amides is 1. The number of carbonyl (C=O) groups excluding carboxylic acids is 1. The number of benzene rings is 1. The Hall–Kier alpha value is -2.47. The Morgan fingerprint density at radius 2 is 2.03 bits per heavy atom. The molecule has 190 valence electrons. The van der Waals surface area contributed by atoms with Crippen molar-refractivity contribution in [1.29, 1.82) is 0 Å². The summed E-state index contributed by atoms with van der Waals surface area (Å²) < 4.78 is 11.3. The average Bonchev–Trinajstić information content (AvgIpc) is 3.30. The minimum atomic E-state index is 0.157. The van der Waals surface area contributed by atoms with Crippen molar-refractivity contribution in [2.75, 3.05) is 34.4 Å². The van der Waals surface area contributed by atoms with Crippen LogP contribution in [0.15, 0.2) is 30.0 Å². The van der Waals surface area contributed by atoms with Gasteiger partial charge in [-0.25, -0.2) is 0 Å². The Labute approximate surface area is 209 Å². The standard InChI is InChI=1S/C29H41N3O3/c1-5-19-17-32-15-14-21-27-24(12-9-13-26(27)35-4)30-28(21)25(32)16-22(19)23(18-34-3)29(33)31(2)20-10-7-6-8-11-20/h9,12-13,18-20,22,25,30H,5-8,10-11,14-17H2,1-4H3/b23-18+/t19-,22+,25+/m1/s1. The second-order valence-electron chi connectivity index (χ2n) is 10.7. The summed E-state index contributed by atoms with van der Waals surface area (Å²) in [6.07, 6.45) is 10.7. The van der Waals surface area contributed by atoms with Gasteiger partial charge in [0.2, 0.25) is 0 Å². The van der Waals surface area contributed by atoms with Crippen LogP contribution in [0.3, 0.4) is 0 Å². The second-order valence-corrected chi connectivity index (χ2v) is 10.7. The summed E-state index contributed by atoms with van der Waals surface area (Å²) >= 11 is 0. The van der Waals surface area contributed by atoms with Gasteiger partial charge in [-0.3, -0.25) is 9.69 Å². The molecule has 0 bridgehead atoms. The first-order valence-electron chi connectivity index (χ1n) is 13.5. The number of rotatable bonds is 6. The zero-order valence-corrected chi connectivity index (χ0v) is 21.8. The molecular weight excluding hydrogens is 438 g/mol. The molecule has 3 atom stereocenters. The van der Waals surface area contributed by atoms with E-state index >= 15 is 0 Å². The van der Waals surface area contributed by atoms with Gasteiger partial charge in [0, 0.05) is 42.8 Å². The molecule has 1 aromatic heterocycles. The van der Waals surface area contributed by atoms with Crippen molar-refractivity contribution in [2.24, 2.45) is 11.8 Å². The highest BCUT2D eigenvalue weighted by Crippen LogP contribution is 2.47. The van der Waals surface area contributed by atoms with E-state index in [9.17, 15) is 4.79 Å². The maximum absolute atomic E-state index is 13.9. The third-order valence-corrected chi connectivity index (χ3v) is 8.94. The van der Waals surface area contributed by atoms with Crippen LogP contribution in [0.4, 0.5) is 0 Å². The van der Waals surface area contributed by atoms with Crippen LogP contribution in [0.5, 0.6) is 5.75 Å². The quantitative estimate of drug-likeness (QED) is 0.443. The average molecular weight is 480 g/mol. The van der Waals surface area contributed by atoms with Gasteiger partial charge in [0.05, 0.1) is 32.1 Å². The van der Waals surface area contributed by atoms with Gasteiger partial charge < -0.3 is 19.4 Å². The smallest absolute Gasteiger partial charge is 0.253 e. The molecule has 6 nitrogen and oxygen atoms in total. The Bertz CT molecular complexity index is 1080. The summed E-state index contributed by atoms with van der Waals surface area (Å²) in [4.78, 5) is 22.3. The van der Waals surface area contributed by atoms with Crippen molar-refractivity contribution in [3.05, 3.63) is 41.3 Å². The highest BCUT2D eigenvalue weighted by Gasteiger charge is 2.43. The number of aromatic nitrogens is 1. The zero-order valence-electron chi connectivity index (χ0n) is 21.8. The van der Waals surface area contributed by atoms with Crippen LogP contribution in [0.25, 0.3) is 10.9 Å². The normalized spacial score (nSPS) is 25.7. The molecule has 2 fully saturated rings. The number of nitrogens with one attached hydrogen (secondary N) is 1. The molecular formula is C29H41N3O3. The molecule has 1 saturated carbocycles. The van der Waals surface area contributed by atoms with Crippen molar-refractivity contribution in [3.8, 4) is 5.75 Å². The highest BCUT2D eigenvalue weighted by molar-refractivity contribution is 5.94. The summed E-state index contributed by atoms with van der Waals surface area (Å²) in [7, 11) is 5.43. The number of nitrogens with zero attached hydrogens (tertiary/aromatic N) is 2. The van der Waals surface area contributed by atoms with Gasteiger partial charge in [-0.2, -0.15) is 0 Å². The predicted molar refractivity (Wildman–Crippen MR) is 139 cm³/mol. The number of fused-ring (bicyclic) bond motifs is 5. The Balaban J connectivity index is 1.47. The van der Waals surface area contributed by atoms with Crippen LogP contribution >= 0.6 is 0 Å². The van der Waals surface area contributed by atoms with Gasteiger partial charge >= 0.3 is 0 Å². The minimum Gasteiger partial charge on any atom is -0.504 e. The van der Waals surface area contributed by atoms with E-state index in [1.54, 1.807) is 20.5 Å². The Morgan fingerprint density at radius 1 is 1.23 bits per heavy atom. The molecule has 1 N–H and O–H groups in total. The molecule has 0 radical (unpaired) electrons. The molecule has 5 rings (SSSR count). The molecule has 1 aromatic carbocycles. The monoisotopic (exact) mass is 479 g/mol. The number of methoxy groups -OCH3 is 2. The van der Waals surface area contributed by atoms with E-state index in [-0.39, 0.29) is 17.9 Å². The number of hydrogen-bond donors (Lipinski definition) is 1. The van der Waals surface area contributed by atoms with Crippen LogP contribution in [0.2, 0.25) is 0 Å². The topological polar surface area (TPSA) is 57.8 Å². The van der Waals surface area contributed by atoms with Gasteiger partial charge in [-0.05, 0) is 55.2 Å². The van der Waals surface area contributed by atoms with Crippen molar-refractivity contribution in [1.82, 2.24) is 14.8 Å². The number of aromatic amines is 1. The fourth-order valence-corrected chi connectivity index (χ4v) is 7.01. The Morgan fingerprint density at radius 3 is 2.74 bits per heavy atom. The van der Waals surface area contributed by atoms with E-state index in [4.69, 9.17) is 9.47 Å². The maximum Gasteiger partial charge on any atom is 0.253 e. The molecule has 2 aliphatic heterocycles. The van der Waals surface area contributed by atoms with Gasteiger partial charge in [-0.1, -0.05) is 38.7 Å². The lowest BCUT2D eigenvalue weighted by atomic mass is 9.73. The summed E-state index contributed by atoms with van der Waals surface area (Å²) in [6.45, 7) is 4.32. The first-order chi connectivity index (χ1) is 17.1. The summed E-state index contributed by atoms with van der Waals surface area (Å²) in [5, 5.41) is 1.22. The number of piperidine rings is 1. The lowest BCUT2D eigenvalue weighted by molar-refractivity contribution is -0.129. The van der Waals surface area contributed by atoms with E-state index in [2.05, 4.69) is 35.0 Å². The first kappa shape index (κ1) is 24.2. The third-order valence-electron chi connectivity index (χ3n) is 8.94. The molecule has 3 heterocycles. The van der Waals surface area contributed by atoms with E-state index in [1.165, 1.54) is 35.9 Å². The van der Waals surface area contributed by atoms with Crippen LogP contribution in [0, 0.1) is 11.8 Å². The molecule has 1 aliphatic carbocycles. The molecule has 35 heavy (non-hydrogen) atoms. The maximum atomic E-state index is 13.9. The van der Waals surface area contributed by atoms with Gasteiger partial charge in [0.25, 0.3) is 5.91 Å².